The molecule has 170 valence electrons. The summed E-state index contributed by atoms with van der Waals surface area (Å²) < 4.78 is 6.80. The third-order valence-corrected chi connectivity index (χ3v) is 6.21. The molecule has 1 N–H and O–H groups in total. The van der Waals surface area contributed by atoms with E-state index in [0.717, 1.165) is 29.7 Å². The lowest BCUT2D eigenvalue weighted by atomic mass is 10.0. The lowest BCUT2D eigenvalue weighted by molar-refractivity contribution is 0.102. The number of ether oxygens (including phenoxy) is 1. The number of pyridine rings is 1. The Kier molecular flexibility index (Phi) is 5.68. The van der Waals surface area contributed by atoms with Gasteiger partial charge in [-0.3, -0.25) is 14.6 Å². The molecule has 0 unspecified atom stereocenters. The quantitative estimate of drug-likeness (QED) is 0.649. The molecule has 1 amide bonds. The molecule has 0 atom stereocenters. The van der Waals surface area contributed by atoms with Gasteiger partial charge in [-0.15, -0.1) is 0 Å². The van der Waals surface area contributed by atoms with Crippen LogP contribution in [-0.2, 0) is 11.8 Å². The maximum atomic E-state index is 12.9. The van der Waals surface area contributed by atoms with Crippen molar-refractivity contribution in [2.75, 3.05) is 36.5 Å². The Balaban J connectivity index is 1.44. The van der Waals surface area contributed by atoms with Crippen molar-refractivity contribution in [3.8, 4) is 11.3 Å². The molecule has 0 radical (unpaired) electrons. The van der Waals surface area contributed by atoms with E-state index in [1.54, 1.807) is 19.3 Å². The third kappa shape index (κ3) is 4.52. The first kappa shape index (κ1) is 21.3. The number of morpholine rings is 1. The van der Waals surface area contributed by atoms with E-state index >= 15 is 0 Å². The minimum absolute atomic E-state index is 0.132. The summed E-state index contributed by atoms with van der Waals surface area (Å²) in [6.45, 7) is 4.52. The first-order valence-corrected chi connectivity index (χ1v) is 11.3. The van der Waals surface area contributed by atoms with Crippen LogP contribution in [0.4, 0.5) is 11.4 Å². The molecule has 1 saturated carbocycles. The number of amides is 1. The van der Waals surface area contributed by atoms with Gasteiger partial charge in [-0.25, -0.2) is 4.68 Å². The van der Waals surface area contributed by atoms with Crippen LogP contribution in [0.1, 0.15) is 40.4 Å². The van der Waals surface area contributed by atoms with E-state index in [2.05, 4.69) is 15.4 Å². The van der Waals surface area contributed by atoms with Crippen LogP contribution in [0, 0.1) is 6.92 Å². The van der Waals surface area contributed by atoms with Gasteiger partial charge in [0.15, 0.2) is 0 Å². The van der Waals surface area contributed by atoms with Crippen molar-refractivity contribution in [1.29, 1.82) is 0 Å². The molecule has 3 aromatic rings. The maximum Gasteiger partial charge on any atom is 0.290 e. The van der Waals surface area contributed by atoms with E-state index in [0.29, 0.717) is 54.9 Å². The number of hydrogen-bond donors (Lipinski definition) is 1. The van der Waals surface area contributed by atoms with Crippen molar-refractivity contribution in [2.24, 2.45) is 7.05 Å². The van der Waals surface area contributed by atoms with Crippen LogP contribution in [0.25, 0.3) is 11.3 Å². The van der Waals surface area contributed by atoms with Crippen molar-refractivity contribution in [1.82, 2.24) is 14.8 Å². The van der Waals surface area contributed by atoms with Crippen LogP contribution in [0.5, 0.6) is 0 Å². The van der Waals surface area contributed by atoms with Gasteiger partial charge in [-0.05, 0) is 55.7 Å². The van der Waals surface area contributed by atoms with Gasteiger partial charge in [0.25, 0.3) is 11.5 Å². The summed E-state index contributed by atoms with van der Waals surface area (Å²) in [5.41, 5.74) is 5.30. The summed E-state index contributed by atoms with van der Waals surface area (Å²) in [7, 11) is 1.66. The van der Waals surface area contributed by atoms with Crippen LogP contribution in [0.15, 0.2) is 47.4 Å². The van der Waals surface area contributed by atoms with E-state index in [9.17, 15) is 9.59 Å². The number of anilines is 2. The summed E-state index contributed by atoms with van der Waals surface area (Å²) in [6.07, 6.45) is 3.97. The summed E-state index contributed by atoms with van der Waals surface area (Å²) in [5, 5.41) is 7.50. The zero-order chi connectivity index (χ0) is 22.9. The summed E-state index contributed by atoms with van der Waals surface area (Å²) in [5.74, 6) is 0.316. The molecule has 2 aromatic heterocycles. The SMILES string of the molecule is Cc1ccc(NC(=O)c2ccnc(C3CC3)c2)cc1-c1cc(N2CCOCC2)c(=O)n(C)n1. The van der Waals surface area contributed by atoms with Gasteiger partial charge in [0.2, 0.25) is 0 Å². The molecular formula is C25H27N5O3. The number of aryl methyl sites for hydroxylation is 2. The highest BCUT2D eigenvalue weighted by Gasteiger charge is 2.25. The Bertz CT molecular complexity index is 1260. The van der Waals surface area contributed by atoms with Crippen LogP contribution >= 0.6 is 0 Å². The van der Waals surface area contributed by atoms with Gasteiger partial charge >= 0.3 is 0 Å². The average Bonchev–Trinajstić information content (AvgIpc) is 3.68. The highest BCUT2D eigenvalue weighted by molar-refractivity contribution is 6.04. The number of carbonyl (C=O) groups is 1. The fraction of sp³-hybridized carbons (Fsp3) is 0.360. The number of nitrogens with zero attached hydrogens (tertiary/aromatic N) is 4. The van der Waals surface area contributed by atoms with Gasteiger partial charge in [0.05, 0.1) is 18.9 Å². The number of aromatic nitrogens is 3. The van der Waals surface area contributed by atoms with E-state index in [-0.39, 0.29) is 11.5 Å². The molecular weight excluding hydrogens is 418 g/mol. The van der Waals surface area contributed by atoms with Crippen molar-refractivity contribution in [3.63, 3.8) is 0 Å². The van der Waals surface area contributed by atoms with Gasteiger partial charge < -0.3 is 15.0 Å². The Morgan fingerprint density at radius 2 is 1.91 bits per heavy atom. The lowest BCUT2D eigenvalue weighted by Crippen LogP contribution is -2.40. The molecule has 1 aliphatic carbocycles. The Hall–Kier alpha value is -3.52. The fourth-order valence-corrected chi connectivity index (χ4v) is 4.13. The standard InChI is InChI=1S/C25H27N5O3/c1-16-3-6-19(27-24(31)18-7-8-26-21(13-18)17-4-5-17)14-20(16)22-15-23(25(32)29(2)28-22)30-9-11-33-12-10-30/h3,6-8,13-15,17H,4-5,9-12H2,1-2H3,(H,27,31). The minimum atomic E-state index is -0.170. The van der Waals surface area contributed by atoms with Crippen LogP contribution in [-0.4, -0.2) is 47.0 Å². The predicted octanol–water partition coefficient (Wildman–Crippen LogP) is 3.12. The average molecular weight is 446 g/mol. The molecule has 1 saturated heterocycles. The van der Waals surface area contributed by atoms with E-state index in [4.69, 9.17) is 4.74 Å². The molecule has 1 aromatic carbocycles. The number of benzene rings is 1. The molecule has 8 nitrogen and oxygen atoms in total. The van der Waals surface area contributed by atoms with Crippen LogP contribution in [0.3, 0.4) is 0 Å². The van der Waals surface area contributed by atoms with Crippen molar-refractivity contribution < 1.29 is 9.53 Å². The predicted molar refractivity (Wildman–Crippen MR) is 127 cm³/mol. The first-order valence-electron chi connectivity index (χ1n) is 11.3. The Morgan fingerprint density at radius 3 is 2.67 bits per heavy atom. The summed E-state index contributed by atoms with van der Waals surface area (Å²) in [4.78, 5) is 32.1. The largest absolute Gasteiger partial charge is 0.378 e. The second-order valence-corrected chi connectivity index (χ2v) is 8.67. The highest BCUT2D eigenvalue weighted by atomic mass is 16.5. The first-order chi connectivity index (χ1) is 16.0. The molecule has 33 heavy (non-hydrogen) atoms. The summed E-state index contributed by atoms with van der Waals surface area (Å²) >= 11 is 0. The number of rotatable bonds is 5. The number of nitrogens with one attached hydrogen (secondary N) is 1. The fourth-order valence-electron chi connectivity index (χ4n) is 4.13. The number of hydrogen-bond acceptors (Lipinski definition) is 6. The molecule has 8 heteroatoms. The van der Waals surface area contributed by atoms with Crippen LogP contribution < -0.4 is 15.8 Å². The van der Waals surface area contributed by atoms with Crippen molar-refractivity contribution in [3.05, 3.63) is 69.8 Å². The maximum absolute atomic E-state index is 12.9. The molecule has 3 heterocycles. The monoisotopic (exact) mass is 445 g/mol. The van der Waals surface area contributed by atoms with E-state index in [1.807, 2.05) is 42.2 Å². The molecule has 0 spiro atoms. The van der Waals surface area contributed by atoms with Gasteiger partial charge in [-0.1, -0.05) is 6.07 Å². The normalized spacial score (nSPS) is 16.0. The summed E-state index contributed by atoms with van der Waals surface area (Å²) in [6, 6.07) is 11.2. The zero-order valence-corrected chi connectivity index (χ0v) is 18.9. The second-order valence-electron chi connectivity index (χ2n) is 8.67. The third-order valence-electron chi connectivity index (χ3n) is 6.21. The molecule has 5 rings (SSSR count). The number of carbonyl (C=O) groups excluding carboxylic acids is 1. The van der Waals surface area contributed by atoms with Crippen LogP contribution in [0.2, 0.25) is 0 Å². The second kappa shape index (κ2) is 8.78. The molecule has 2 aliphatic rings. The van der Waals surface area contributed by atoms with Crippen molar-refractivity contribution >= 4 is 17.3 Å². The van der Waals surface area contributed by atoms with E-state index in [1.165, 1.54) is 4.68 Å². The highest BCUT2D eigenvalue weighted by Crippen LogP contribution is 2.39. The van der Waals surface area contributed by atoms with Gasteiger partial charge in [0.1, 0.15) is 5.69 Å². The lowest BCUT2D eigenvalue weighted by Gasteiger charge is -2.28. The van der Waals surface area contributed by atoms with Gasteiger partial charge in [-0.2, -0.15) is 5.10 Å². The zero-order valence-electron chi connectivity index (χ0n) is 18.9. The smallest absolute Gasteiger partial charge is 0.290 e. The minimum Gasteiger partial charge on any atom is -0.378 e. The topological polar surface area (TPSA) is 89.4 Å². The molecule has 2 fully saturated rings. The van der Waals surface area contributed by atoms with Gasteiger partial charge in [0, 0.05) is 54.8 Å². The molecule has 0 bridgehead atoms. The van der Waals surface area contributed by atoms with E-state index < -0.39 is 0 Å². The molecule has 1 aliphatic heterocycles. The Morgan fingerprint density at radius 1 is 1.12 bits per heavy atom. The Labute approximate surface area is 192 Å². The van der Waals surface area contributed by atoms with Crippen molar-refractivity contribution in [2.45, 2.75) is 25.7 Å².